The van der Waals surface area contributed by atoms with Crippen LogP contribution in [0.2, 0.25) is 0 Å². The van der Waals surface area contributed by atoms with Crippen molar-refractivity contribution in [3.05, 3.63) is 59.2 Å². The van der Waals surface area contributed by atoms with E-state index in [0.29, 0.717) is 0 Å². The van der Waals surface area contributed by atoms with Crippen LogP contribution in [0.4, 0.5) is 0 Å². The van der Waals surface area contributed by atoms with Crippen LogP contribution >= 0.6 is 0 Å². The predicted octanol–water partition coefficient (Wildman–Crippen LogP) is 10.3. The quantitative estimate of drug-likeness (QED) is 0.126. The monoisotopic (exact) mass is 779 g/mol. The molecule has 245 valence electrons. The van der Waals surface area contributed by atoms with Crippen LogP contribution in [-0.4, -0.2) is 25.4 Å². The molecule has 1 radical (unpaired) electrons. The van der Waals surface area contributed by atoms with Gasteiger partial charge in [-0.05, 0) is 50.0 Å². The molecule has 0 fully saturated rings. The number of hydrogen-bond acceptors (Lipinski definition) is 4. The molecule has 0 unspecified atom stereocenters. The van der Waals surface area contributed by atoms with E-state index in [1.54, 1.807) is 0 Å². The summed E-state index contributed by atoms with van der Waals surface area (Å²) in [6, 6.07) is 10.1. The van der Waals surface area contributed by atoms with Crippen LogP contribution in [0.3, 0.4) is 0 Å². The fourth-order valence-electron chi connectivity index (χ4n) is 6.23. The molecule has 1 aliphatic rings. The molecule has 1 aromatic carbocycles. The summed E-state index contributed by atoms with van der Waals surface area (Å²) in [5, 5.41) is 10.1. The number of pyridine rings is 1. The maximum Gasteiger partial charge on any atom is 0.164 e. The van der Waals surface area contributed by atoms with Gasteiger partial charge in [0.05, 0.1) is 11.0 Å². The molecule has 0 spiro atoms. The normalized spacial score (nSPS) is 14.4. The van der Waals surface area contributed by atoms with Gasteiger partial charge in [-0.25, -0.2) is 4.98 Å². The minimum atomic E-state index is -0.337. The van der Waals surface area contributed by atoms with Crippen LogP contribution in [0.25, 0.3) is 22.3 Å². The largest absolute Gasteiger partial charge is 0.512 e. The van der Waals surface area contributed by atoms with Crippen molar-refractivity contribution < 1.29 is 30.0 Å². The van der Waals surface area contributed by atoms with Gasteiger partial charge in [0.25, 0.3) is 0 Å². The Bertz CT molecular complexity index is 1470. The van der Waals surface area contributed by atoms with Crippen molar-refractivity contribution in [2.75, 3.05) is 0 Å². The number of aryl methyl sites for hydroxylation is 1. The first-order chi connectivity index (χ1) is 20.1. The van der Waals surface area contributed by atoms with Crippen molar-refractivity contribution >= 4 is 16.8 Å². The Hall–Kier alpha value is -2.30. The van der Waals surface area contributed by atoms with E-state index in [1.165, 1.54) is 23.0 Å². The molecule has 5 nitrogen and oxygen atoms in total. The van der Waals surface area contributed by atoms with E-state index in [-0.39, 0.29) is 53.4 Å². The average molecular weight is 779 g/mol. The Balaban J connectivity index is 0.000000331. The van der Waals surface area contributed by atoms with Crippen LogP contribution in [0.5, 0.6) is 0 Å². The Morgan fingerprint density at radius 2 is 1.50 bits per heavy atom. The van der Waals surface area contributed by atoms with E-state index in [1.807, 2.05) is 47.7 Å². The number of fused-ring (bicyclic) bond motifs is 2. The van der Waals surface area contributed by atoms with Crippen LogP contribution in [-0.2, 0) is 36.9 Å². The first kappa shape index (κ1) is 37.9. The Morgan fingerprint density at radius 1 is 0.932 bits per heavy atom. The zero-order valence-corrected chi connectivity index (χ0v) is 31.8. The minimum absolute atomic E-state index is 0. The van der Waals surface area contributed by atoms with Gasteiger partial charge in [0.15, 0.2) is 5.78 Å². The molecule has 0 bridgehead atoms. The first-order valence-electron chi connectivity index (χ1n) is 16.5. The molecular formula is C38H56IrN3O2-. The van der Waals surface area contributed by atoms with Crippen molar-refractivity contribution in [2.24, 2.45) is 16.2 Å². The zero-order valence-electron chi connectivity index (χ0n) is 29.4. The molecule has 4 rings (SSSR count). The summed E-state index contributed by atoms with van der Waals surface area (Å²) in [4.78, 5) is 22.0. The smallest absolute Gasteiger partial charge is 0.164 e. The van der Waals surface area contributed by atoms with Crippen molar-refractivity contribution in [1.82, 2.24) is 14.5 Å². The van der Waals surface area contributed by atoms with Gasteiger partial charge in [-0.2, -0.15) is 0 Å². The second kappa shape index (κ2) is 14.4. The Labute approximate surface area is 280 Å². The van der Waals surface area contributed by atoms with E-state index >= 15 is 0 Å². The third-order valence-electron chi connectivity index (χ3n) is 10.4. The van der Waals surface area contributed by atoms with Crippen LogP contribution in [0.1, 0.15) is 132 Å². The van der Waals surface area contributed by atoms with E-state index in [0.717, 1.165) is 67.3 Å². The van der Waals surface area contributed by atoms with E-state index in [9.17, 15) is 9.90 Å². The average Bonchev–Trinajstić information content (AvgIpc) is 3.35. The molecule has 1 aliphatic heterocycles. The van der Waals surface area contributed by atoms with Gasteiger partial charge in [-0.3, -0.25) is 4.79 Å². The van der Waals surface area contributed by atoms with Crippen molar-refractivity contribution in [2.45, 2.75) is 134 Å². The number of carbonyl (C=O) groups is 1. The summed E-state index contributed by atoms with van der Waals surface area (Å²) in [6.07, 6.45) is 9.66. The van der Waals surface area contributed by atoms with Gasteiger partial charge in [0, 0.05) is 60.9 Å². The molecule has 0 saturated carbocycles. The molecule has 3 heterocycles. The van der Waals surface area contributed by atoms with Gasteiger partial charge in [0.1, 0.15) is 11.6 Å². The second-order valence-corrected chi connectivity index (χ2v) is 14.2. The Kier molecular flexibility index (Phi) is 12.4. The number of benzene rings is 1. The summed E-state index contributed by atoms with van der Waals surface area (Å²) in [7, 11) is 0. The molecule has 44 heavy (non-hydrogen) atoms. The molecule has 0 amide bonds. The third kappa shape index (κ3) is 7.07. The minimum Gasteiger partial charge on any atom is -0.512 e. The maximum absolute atomic E-state index is 12.2. The van der Waals surface area contributed by atoms with Gasteiger partial charge in [-0.15, -0.1) is 34.9 Å². The fraction of sp³-hybridized carbons (Fsp3) is 0.605. The molecular weight excluding hydrogens is 723 g/mol. The second-order valence-electron chi connectivity index (χ2n) is 14.2. The predicted molar refractivity (Wildman–Crippen MR) is 180 cm³/mol. The molecule has 2 aromatic heterocycles. The number of aromatic nitrogens is 3. The van der Waals surface area contributed by atoms with E-state index in [2.05, 4.69) is 70.4 Å². The number of imidazole rings is 1. The van der Waals surface area contributed by atoms with Crippen molar-refractivity contribution in [1.29, 1.82) is 0 Å². The SMILES string of the molecule is CCC(C)(CC)C(=O)/C=C(\O)C(C)(CC)CC.CCC1(CC)c2ccc(C)[c-]c2-c2nccc3nc(CC(C)(C)C)n1c23.[Ir]. The first-order valence-corrected chi connectivity index (χ1v) is 16.5. The van der Waals surface area contributed by atoms with Crippen molar-refractivity contribution in [3.63, 3.8) is 0 Å². The topological polar surface area (TPSA) is 68.0 Å². The molecule has 1 N–H and O–H groups in total. The van der Waals surface area contributed by atoms with Crippen LogP contribution in [0.15, 0.2) is 36.2 Å². The van der Waals surface area contributed by atoms with Crippen LogP contribution in [0, 0.1) is 29.2 Å². The summed E-state index contributed by atoms with van der Waals surface area (Å²) < 4.78 is 2.52. The third-order valence-corrected chi connectivity index (χ3v) is 10.4. The van der Waals surface area contributed by atoms with E-state index < -0.39 is 0 Å². The number of rotatable bonds is 10. The number of allylic oxidation sites excluding steroid dienone is 2. The summed E-state index contributed by atoms with van der Waals surface area (Å²) in [5.41, 5.74) is 6.44. The molecule has 0 aliphatic carbocycles. The van der Waals surface area contributed by atoms with Gasteiger partial charge in [-0.1, -0.05) is 83.1 Å². The number of aliphatic hydroxyl groups excluding tert-OH is 1. The number of hydrogen-bond donors (Lipinski definition) is 1. The number of aliphatic hydroxyl groups is 1. The van der Waals surface area contributed by atoms with Crippen LogP contribution < -0.4 is 0 Å². The molecule has 0 saturated heterocycles. The van der Waals surface area contributed by atoms with E-state index in [4.69, 9.17) is 9.97 Å². The molecule has 6 heteroatoms. The summed E-state index contributed by atoms with van der Waals surface area (Å²) in [5.74, 6) is 1.46. The van der Waals surface area contributed by atoms with Gasteiger partial charge < -0.3 is 14.7 Å². The molecule has 0 atom stereocenters. The number of ketones is 1. The number of nitrogens with zero attached hydrogens (tertiary/aromatic N) is 3. The fourth-order valence-corrected chi connectivity index (χ4v) is 6.23. The van der Waals surface area contributed by atoms with Gasteiger partial charge >= 0.3 is 0 Å². The standard InChI is InChI=1S/C23H28N3.C15H28O2.Ir/c1-7-23(8-2)17-10-9-15(3)13-16(17)20-21-18(11-12-24-20)25-19(26(21)23)14-22(4,5)6;1-7-14(5,8-2)12(16)11-13(17)15(6,9-3)10-4;/h9-12H,7-8,14H2,1-6H3;11,16H,7-10H2,1-6H3;/q-1;;/b;12-11-;. The summed E-state index contributed by atoms with van der Waals surface area (Å²) >= 11 is 0. The Morgan fingerprint density at radius 3 is 2.00 bits per heavy atom. The number of carbonyl (C=O) groups excluding carboxylic acids is 1. The zero-order chi connectivity index (χ0) is 32.4. The van der Waals surface area contributed by atoms with Crippen molar-refractivity contribution in [3.8, 4) is 11.3 Å². The molecule has 3 aromatic rings. The maximum atomic E-state index is 12.2. The summed E-state index contributed by atoms with van der Waals surface area (Å²) in [6.45, 7) is 25.6. The van der Waals surface area contributed by atoms with Gasteiger partial charge in [0.2, 0.25) is 0 Å².